The van der Waals surface area contributed by atoms with Gasteiger partial charge in [-0.25, -0.2) is 0 Å². The van der Waals surface area contributed by atoms with Crippen LogP contribution >= 0.6 is 0 Å². The standard InChI is InChI=1S/C23H26N2O3/c1-3-28-23-13-19-16(12-22(23)27-2)10-11-25(15-26)21(19)9-8-17-14-24-20-7-5-4-6-18(17)20/h4-7,12-15,21,24H,3,8-11H2,1-2H3/t21-/m0/s1. The lowest BCUT2D eigenvalue weighted by Gasteiger charge is -2.35. The molecule has 0 saturated carbocycles. The van der Waals surface area contributed by atoms with E-state index in [2.05, 4.69) is 41.5 Å². The van der Waals surface area contributed by atoms with Crippen molar-refractivity contribution < 1.29 is 14.3 Å². The fourth-order valence-electron chi connectivity index (χ4n) is 4.23. The molecule has 1 aliphatic heterocycles. The molecule has 0 saturated heterocycles. The van der Waals surface area contributed by atoms with Crippen molar-refractivity contribution in [2.75, 3.05) is 20.3 Å². The van der Waals surface area contributed by atoms with Crippen molar-refractivity contribution >= 4 is 17.3 Å². The zero-order chi connectivity index (χ0) is 19.5. The van der Waals surface area contributed by atoms with Gasteiger partial charge in [-0.3, -0.25) is 4.79 Å². The number of rotatable bonds is 7. The number of carbonyl (C=O) groups excluding carboxylic acids is 1. The molecule has 1 atom stereocenters. The zero-order valence-electron chi connectivity index (χ0n) is 16.4. The van der Waals surface area contributed by atoms with Crippen LogP contribution in [-0.2, 0) is 17.6 Å². The molecule has 5 heteroatoms. The van der Waals surface area contributed by atoms with Crippen LogP contribution in [0.25, 0.3) is 10.9 Å². The van der Waals surface area contributed by atoms with Gasteiger partial charge in [0.2, 0.25) is 6.41 Å². The van der Waals surface area contributed by atoms with E-state index in [4.69, 9.17) is 9.47 Å². The van der Waals surface area contributed by atoms with Crippen LogP contribution in [0, 0.1) is 0 Å². The van der Waals surface area contributed by atoms with Crippen molar-refractivity contribution in [3.63, 3.8) is 0 Å². The van der Waals surface area contributed by atoms with E-state index in [0.29, 0.717) is 6.61 Å². The van der Waals surface area contributed by atoms with Crippen LogP contribution < -0.4 is 9.47 Å². The highest BCUT2D eigenvalue weighted by molar-refractivity contribution is 5.83. The van der Waals surface area contributed by atoms with Gasteiger partial charge in [0.15, 0.2) is 11.5 Å². The number of aromatic nitrogens is 1. The monoisotopic (exact) mass is 378 g/mol. The molecule has 146 valence electrons. The molecular formula is C23H26N2O3. The van der Waals surface area contributed by atoms with E-state index < -0.39 is 0 Å². The van der Waals surface area contributed by atoms with Crippen LogP contribution in [0.3, 0.4) is 0 Å². The molecule has 4 rings (SSSR count). The highest BCUT2D eigenvalue weighted by atomic mass is 16.5. The van der Waals surface area contributed by atoms with E-state index in [1.807, 2.05) is 17.9 Å². The Balaban J connectivity index is 1.65. The van der Waals surface area contributed by atoms with Crippen molar-refractivity contribution in [1.29, 1.82) is 0 Å². The SMILES string of the molecule is CCOc1cc2c(cc1OC)CCN(C=O)[C@H]2CCc1c[nH]c2ccccc12. The summed E-state index contributed by atoms with van der Waals surface area (Å²) >= 11 is 0. The maximum Gasteiger partial charge on any atom is 0.210 e. The van der Waals surface area contributed by atoms with Crippen LogP contribution in [-0.4, -0.2) is 36.6 Å². The molecule has 5 nitrogen and oxygen atoms in total. The Bertz CT molecular complexity index is 979. The Kier molecular flexibility index (Phi) is 5.24. The summed E-state index contributed by atoms with van der Waals surface area (Å²) in [6.45, 7) is 3.27. The number of aryl methyl sites for hydroxylation is 1. The molecule has 1 N–H and O–H groups in total. The van der Waals surface area contributed by atoms with Gasteiger partial charge in [0, 0.05) is 23.6 Å². The summed E-state index contributed by atoms with van der Waals surface area (Å²) in [6, 6.07) is 12.5. The first kappa shape index (κ1) is 18.4. The Morgan fingerprint density at radius 2 is 2.11 bits per heavy atom. The lowest BCUT2D eigenvalue weighted by molar-refractivity contribution is -0.120. The summed E-state index contributed by atoms with van der Waals surface area (Å²) in [5, 5.41) is 1.25. The molecule has 0 bridgehead atoms. The van der Waals surface area contributed by atoms with Crippen molar-refractivity contribution in [1.82, 2.24) is 9.88 Å². The van der Waals surface area contributed by atoms with Crippen molar-refractivity contribution in [2.24, 2.45) is 0 Å². The first-order valence-electron chi connectivity index (χ1n) is 9.84. The van der Waals surface area contributed by atoms with Crippen LogP contribution in [0.15, 0.2) is 42.6 Å². The van der Waals surface area contributed by atoms with Gasteiger partial charge >= 0.3 is 0 Å². The number of carbonyl (C=O) groups is 1. The van der Waals surface area contributed by atoms with E-state index in [-0.39, 0.29) is 6.04 Å². The second-order valence-electron chi connectivity index (χ2n) is 7.14. The average Bonchev–Trinajstić information content (AvgIpc) is 3.15. The van der Waals surface area contributed by atoms with Crippen molar-refractivity contribution in [3.05, 3.63) is 59.3 Å². The molecular weight excluding hydrogens is 352 g/mol. The van der Waals surface area contributed by atoms with Gasteiger partial charge in [-0.05, 0) is 61.1 Å². The van der Waals surface area contributed by atoms with Gasteiger partial charge in [0.1, 0.15) is 0 Å². The van der Waals surface area contributed by atoms with Gasteiger partial charge < -0.3 is 19.4 Å². The van der Waals surface area contributed by atoms with Gasteiger partial charge in [0.05, 0.1) is 19.8 Å². The Labute approximate surface area is 165 Å². The molecule has 0 fully saturated rings. The normalized spacial score (nSPS) is 16.1. The summed E-state index contributed by atoms with van der Waals surface area (Å²) in [5.74, 6) is 1.50. The number of para-hydroxylation sites is 1. The summed E-state index contributed by atoms with van der Waals surface area (Å²) in [6.07, 6.45) is 5.66. The third-order valence-corrected chi connectivity index (χ3v) is 5.62. The van der Waals surface area contributed by atoms with Gasteiger partial charge in [-0.2, -0.15) is 0 Å². The van der Waals surface area contributed by atoms with E-state index in [0.717, 1.165) is 49.2 Å². The number of nitrogens with one attached hydrogen (secondary N) is 1. The number of fused-ring (bicyclic) bond motifs is 2. The highest BCUT2D eigenvalue weighted by Crippen LogP contribution is 2.39. The summed E-state index contributed by atoms with van der Waals surface area (Å²) in [4.78, 5) is 17.0. The molecule has 0 spiro atoms. The molecule has 0 aliphatic carbocycles. The molecule has 0 unspecified atom stereocenters. The Hall–Kier alpha value is -2.95. The molecule has 0 radical (unpaired) electrons. The van der Waals surface area contributed by atoms with E-state index in [1.54, 1.807) is 7.11 Å². The number of ether oxygens (including phenoxy) is 2. The lowest BCUT2D eigenvalue weighted by atomic mass is 9.88. The number of amides is 1. The van der Waals surface area contributed by atoms with E-state index >= 15 is 0 Å². The minimum Gasteiger partial charge on any atom is -0.493 e. The Morgan fingerprint density at radius 3 is 2.89 bits per heavy atom. The average molecular weight is 378 g/mol. The molecule has 1 amide bonds. The van der Waals surface area contributed by atoms with Crippen LogP contribution in [0.2, 0.25) is 0 Å². The van der Waals surface area contributed by atoms with Crippen LogP contribution in [0.5, 0.6) is 11.5 Å². The maximum absolute atomic E-state index is 11.8. The third-order valence-electron chi connectivity index (χ3n) is 5.62. The Morgan fingerprint density at radius 1 is 1.25 bits per heavy atom. The fourth-order valence-corrected chi connectivity index (χ4v) is 4.23. The maximum atomic E-state index is 11.8. The topological polar surface area (TPSA) is 54.6 Å². The predicted octanol–water partition coefficient (Wildman–Crippen LogP) is 4.26. The second kappa shape index (κ2) is 7.97. The fraction of sp³-hybridized carbons (Fsp3) is 0.348. The number of benzene rings is 2. The van der Waals surface area contributed by atoms with Crippen LogP contribution in [0.4, 0.5) is 0 Å². The van der Waals surface area contributed by atoms with Gasteiger partial charge in [-0.15, -0.1) is 0 Å². The number of hydrogen-bond donors (Lipinski definition) is 1. The quantitative estimate of drug-likeness (QED) is 0.625. The number of nitrogens with zero attached hydrogens (tertiary/aromatic N) is 1. The molecule has 3 aromatic rings. The number of H-pyrrole nitrogens is 1. The third kappa shape index (κ3) is 3.33. The number of methoxy groups -OCH3 is 1. The predicted molar refractivity (Wildman–Crippen MR) is 110 cm³/mol. The lowest BCUT2D eigenvalue weighted by Crippen LogP contribution is -2.34. The minimum absolute atomic E-state index is 0.0417. The molecule has 2 heterocycles. The number of hydrogen-bond acceptors (Lipinski definition) is 3. The first-order valence-corrected chi connectivity index (χ1v) is 9.84. The zero-order valence-corrected chi connectivity index (χ0v) is 16.4. The van der Waals surface area contributed by atoms with E-state index in [9.17, 15) is 4.79 Å². The van der Waals surface area contributed by atoms with Crippen LogP contribution in [0.1, 0.15) is 36.1 Å². The summed E-state index contributed by atoms with van der Waals surface area (Å²) in [7, 11) is 1.67. The summed E-state index contributed by atoms with van der Waals surface area (Å²) in [5.41, 5.74) is 4.84. The summed E-state index contributed by atoms with van der Waals surface area (Å²) < 4.78 is 11.3. The van der Waals surface area contributed by atoms with Crippen molar-refractivity contribution in [3.8, 4) is 11.5 Å². The minimum atomic E-state index is 0.0417. The molecule has 28 heavy (non-hydrogen) atoms. The smallest absolute Gasteiger partial charge is 0.210 e. The van der Waals surface area contributed by atoms with Gasteiger partial charge in [0.25, 0.3) is 0 Å². The largest absolute Gasteiger partial charge is 0.493 e. The van der Waals surface area contributed by atoms with E-state index in [1.165, 1.54) is 22.1 Å². The molecule has 1 aromatic heterocycles. The molecule has 1 aliphatic rings. The highest BCUT2D eigenvalue weighted by Gasteiger charge is 2.28. The van der Waals surface area contributed by atoms with Gasteiger partial charge in [-0.1, -0.05) is 18.2 Å². The first-order chi connectivity index (χ1) is 13.7. The number of aromatic amines is 1. The van der Waals surface area contributed by atoms with Crippen molar-refractivity contribution in [2.45, 2.75) is 32.2 Å². The second-order valence-corrected chi connectivity index (χ2v) is 7.14. The molecule has 2 aromatic carbocycles.